The minimum atomic E-state index is -0.973. The van der Waals surface area contributed by atoms with Crippen molar-refractivity contribution >= 4 is 23.0 Å². The Morgan fingerprint density at radius 2 is 2.22 bits per heavy atom. The van der Waals surface area contributed by atoms with Crippen LogP contribution in [0.3, 0.4) is 0 Å². The summed E-state index contributed by atoms with van der Waals surface area (Å²) in [6.07, 6.45) is 0.666. The minimum absolute atomic E-state index is 0.124. The second kappa shape index (κ2) is 5.18. The highest BCUT2D eigenvalue weighted by atomic mass is 32.1. The van der Waals surface area contributed by atoms with E-state index in [4.69, 9.17) is 5.11 Å². The molecule has 18 heavy (non-hydrogen) atoms. The van der Waals surface area contributed by atoms with Crippen LogP contribution in [0.1, 0.15) is 21.1 Å². The summed E-state index contributed by atoms with van der Waals surface area (Å²) in [5.74, 6) is -0.973. The molecular weight excluding hydrogens is 248 g/mol. The van der Waals surface area contributed by atoms with Crippen LogP contribution < -0.4 is 4.90 Å². The molecule has 1 N–H and O–H groups in total. The molecule has 1 heterocycles. The lowest BCUT2D eigenvalue weighted by molar-refractivity contribution is 0.0691. The van der Waals surface area contributed by atoms with Gasteiger partial charge in [-0.25, -0.2) is 9.78 Å². The van der Waals surface area contributed by atoms with Crippen molar-refractivity contribution in [2.75, 3.05) is 19.0 Å². The summed E-state index contributed by atoms with van der Waals surface area (Å²) in [5, 5.41) is 11.2. The molecule has 0 saturated carbocycles. The maximum Gasteiger partial charge on any atom is 0.355 e. The molecule has 0 atom stereocenters. The third-order valence-electron chi connectivity index (χ3n) is 2.55. The molecule has 0 spiro atoms. The first-order valence-corrected chi connectivity index (χ1v) is 6.38. The average Bonchev–Trinajstić information content (AvgIpc) is 2.78. The van der Waals surface area contributed by atoms with Crippen molar-refractivity contribution in [1.29, 1.82) is 0 Å². The van der Waals surface area contributed by atoms with Crippen molar-refractivity contribution in [1.82, 2.24) is 4.98 Å². The van der Waals surface area contributed by atoms with Gasteiger partial charge in [0.15, 0.2) is 5.69 Å². The quantitative estimate of drug-likeness (QED) is 0.919. The van der Waals surface area contributed by atoms with Gasteiger partial charge in [-0.15, -0.1) is 11.3 Å². The Kier molecular flexibility index (Phi) is 3.62. The van der Waals surface area contributed by atoms with Crippen LogP contribution in [0.2, 0.25) is 0 Å². The van der Waals surface area contributed by atoms with Gasteiger partial charge >= 0.3 is 5.97 Å². The van der Waals surface area contributed by atoms with E-state index >= 15 is 0 Å². The molecular formula is C13H14N2O2S. The average molecular weight is 262 g/mol. The van der Waals surface area contributed by atoms with Crippen molar-refractivity contribution in [2.24, 2.45) is 0 Å². The summed E-state index contributed by atoms with van der Waals surface area (Å²) in [4.78, 5) is 16.9. The van der Waals surface area contributed by atoms with Gasteiger partial charge in [-0.3, -0.25) is 0 Å². The first-order chi connectivity index (χ1) is 8.56. The van der Waals surface area contributed by atoms with Crippen molar-refractivity contribution < 1.29 is 9.90 Å². The molecule has 0 fully saturated rings. The zero-order valence-corrected chi connectivity index (χ0v) is 11.1. The van der Waals surface area contributed by atoms with Crippen molar-refractivity contribution in [3.8, 4) is 0 Å². The van der Waals surface area contributed by atoms with Crippen LogP contribution >= 0.6 is 11.3 Å². The molecule has 0 saturated heterocycles. The number of rotatable bonds is 4. The van der Waals surface area contributed by atoms with Gasteiger partial charge in [0.2, 0.25) is 0 Å². The minimum Gasteiger partial charge on any atom is -0.476 e. The number of nitrogens with zero attached hydrogens (tertiary/aromatic N) is 2. The maximum atomic E-state index is 10.7. The van der Waals surface area contributed by atoms with Crippen LogP contribution in [0.15, 0.2) is 29.6 Å². The van der Waals surface area contributed by atoms with Gasteiger partial charge in [0.1, 0.15) is 0 Å². The number of thiazole rings is 1. The molecule has 2 rings (SSSR count). The third-order valence-corrected chi connectivity index (χ3v) is 3.40. The number of hydrogen-bond acceptors (Lipinski definition) is 4. The van der Waals surface area contributed by atoms with E-state index in [9.17, 15) is 4.79 Å². The Morgan fingerprint density at radius 3 is 2.83 bits per heavy atom. The molecule has 0 aliphatic heterocycles. The van der Waals surface area contributed by atoms with Gasteiger partial charge in [-0.2, -0.15) is 0 Å². The molecule has 0 bridgehead atoms. The largest absolute Gasteiger partial charge is 0.476 e. The lowest BCUT2D eigenvalue weighted by atomic mass is 10.1. The van der Waals surface area contributed by atoms with E-state index in [1.165, 1.54) is 11.3 Å². The summed E-state index contributed by atoms with van der Waals surface area (Å²) in [6, 6.07) is 8.14. The van der Waals surface area contributed by atoms with Gasteiger partial charge in [0.25, 0.3) is 0 Å². The fourth-order valence-corrected chi connectivity index (χ4v) is 2.41. The molecule has 94 valence electrons. The fourth-order valence-electron chi connectivity index (χ4n) is 1.61. The number of anilines is 1. The zero-order valence-electron chi connectivity index (χ0n) is 10.3. The second-order valence-corrected chi connectivity index (χ2v) is 5.12. The molecule has 1 aromatic heterocycles. The van der Waals surface area contributed by atoms with Gasteiger partial charge < -0.3 is 10.0 Å². The fraction of sp³-hybridized carbons (Fsp3) is 0.231. The van der Waals surface area contributed by atoms with Gasteiger partial charge in [0, 0.05) is 31.6 Å². The Hall–Kier alpha value is -1.88. The zero-order chi connectivity index (χ0) is 13.1. The molecule has 0 amide bonds. The van der Waals surface area contributed by atoms with E-state index in [2.05, 4.69) is 11.1 Å². The smallest absolute Gasteiger partial charge is 0.355 e. The van der Waals surface area contributed by atoms with E-state index in [0.717, 1.165) is 16.3 Å². The summed E-state index contributed by atoms with van der Waals surface area (Å²) in [7, 11) is 3.98. The lowest BCUT2D eigenvalue weighted by Crippen LogP contribution is -2.08. The molecule has 5 heteroatoms. The van der Waals surface area contributed by atoms with Crippen LogP contribution in [0.25, 0.3) is 0 Å². The number of carbonyl (C=O) groups is 1. The molecule has 0 unspecified atom stereocenters. The van der Waals surface area contributed by atoms with Crippen molar-refractivity contribution in [2.45, 2.75) is 6.42 Å². The number of carboxylic acid groups (broad SMARTS) is 1. The first-order valence-electron chi connectivity index (χ1n) is 5.50. The SMILES string of the molecule is CN(C)c1cccc(Cc2nc(C(=O)O)cs2)c1. The topological polar surface area (TPSA) is 53.4 Å². The molecule has 0 aliphatic carbocycles. The van der Waals surface area contributed by atoms with E-state index < -0.39 is 5.97 Å². The summed E-state index contributed by atoms with van der Waals surface area (Å²) >= 11 is 1.38. The number of hydrogen-bond donors (Lipinski definition) is 1. The van der Waals surface area contributed by atoms with Crippen LogP contribution in [0.5, 0.6) is 0 Å². The number of aromatic nitrogens is 1. The number of benzene rings is 1. The van der Waals surface area contributed by atoms with Crippen molar-refractivity contribution in [3.05, 3.63) is 45.9 Å². The maximum absolute atomic E-state index is 10.7. The second-order valence-electron chi connectivity index (χ2n) is 4.17. The van der Waals surface area contributed by atoms with Crippen molar-refractivity contribution in [3.63, 3.8) is 0 Å². The van der Waals surface area contributed by atoms with Gasteiger partial charge in [0.05, 0.1) is 5.01 Å². The summed E-state index contributed by atoms with van der Waals surface area (Å²) < 4.78 is 0. The van der Waals surface area contributed by atoms with Gasteiger partial charge in [-0.1, -0.05) is 12.1 Å². The third kappa shape index (κ3) is 2.87. The normalized spacial score (nSPS) is 10.3. The summed E-state index contributed by atoms with van der Waals surface area (Å²) in [5.41, 5.74) is 2.38. The molecule has 2 aromatic rings. The Bertz CT molecular complexity index is 564. The monoisotopic (exact) mass is 262 g/mol. The highest BCUT2D eigenvalue weighted by molar-refractivity contribution is 7.09. The molecule has 4 nitrogen and oxygen atoms in total. The summed E-state index contributed by atoms with van der Waals surface area (Å²) in [6.45, 7) is 0. The lowest BCUT2D eigenvalue weighted by Gasteiger charge is -2.13. The van der Waals surface area contributed by atoms with Gasteiger partial charge in [-0.05, 0) is 17.7 Å². The Labute approximate surface area is 110 Å². The predicted octanol–water partition coefficient (Wildman–Crippen LogP) is 2.50. The Morgan fingerprint density at radius 1 is 1.44 bits per heavy atom. The van der Waals surface area contributed by atoms with E-state index in [0.29, 0.717) is 6.42 Å². The van der Waals surface area contributed by atoms with Crippen LogP contribution in [-0.4, -0.2) is 30.2 Å². The number of carboxylic acids is 1. The van der Waals surface area contributed by atoms with E-state index in [1.807, 2.05) is 37.2 Å². The Balaban J connectivity index is 2.17. The first kappa shape index (κ1) is 12.6. The van der Waals surface area contributed by atoms with E-state index in [-0.39, 0.29) is 5.69 Å². The molecule has 1 aromatic carbocycles. The molecule has 0 radical (unpaired) electrons. The van der Waals surface area contributed by atoms with E-state index in [1.54, 1.807) is 5.38 Å². The van der Waals surface area contributed by atoms with Crippen LogP contribution in [0.4, 0.5) is 5.69 Å². The standard InChI is InChI=1S/C13H14N2O2S/c1-15(2)10-5-3-4-9(6-10)7-12-14-11(8-18-12)13(16)17/h3-6,8H,7H2,1-2H3,(H,16,17). The van der Waals surface area contributed by atoms with Crippen LogP contribution in [0, 0.1) is 0 Å². The highest BCUT2D eigenvalue weighted by Crippen LogP contribution is 2.18. The number of aromatic carboxylic acids is 1. The van der Waals surface area contributed by atoms with Crippen LogP contribution in [-0.2, 0) is 6.42 Å². The molecule has 0 aliphatic rings. The highest BCUT2D eigenvalue weighted by Gasteiger charge is 2.09. The predicted molar refractivity (Wildman–Crippen MR) is 72.6 cm³/mol.